The van der Waals surface area contributed by atoms with E-state index in [0.717, 1.165) is 55.2 Å². The van der Waals surface area contributed by atoms with Crippen LogP contribution >= 0.6 is 0 Å². The van der Waals surface area contributed by atoms with Crippen LogP contribution in [0.25, 0.3) is 11.4 Å². The van der Waals surface area contributed by atoms with Gasteiger partial charge in [0.25, 0.3) is 0 Å². The van der Waals surface area contributed by atoms with Crippen molar-refractivity contribution >= 4 is 0 Å². The molecule has 0 atom stereocenters. The van der Waals surface area contributed by atoms with E-state index in [2.05, 4.69) is 26.0 Å². The summed E-state index contributed by atoms with van der Waals surface area (Å²) in [6.07, 6.45) is 0. The molecule has 1 fully saturated rings. The van der Waals surface area contributed by atoms with Gasteiger partial charge >= 0.3 is 0 Å². The Morgan fingerprint density at radius 3 is 2.38 bits per heavy atom. The number of hydrogen-bond acceptors (Lipinski definition) is 7. The van der Waals surface area contributed by atoms with E-state index in [4.69, 9.17) is 9.26 Å². The van der Waals surface area contributed by atoms with Gasteiger partial charge in [0.15, 0.2) is 0 Å². The molecule has 0 saturated carbocycles. The zero-order valence-corrected chi connectivity index (χ0v) is 16.4. The van der Waals surface area contributed by atoms with E-state index in [1.165, 1.54) is 0 Å². The second kappa shape index (κ2) is 8.86. The van der Waals surface area contributed by atoms with Gasteiger partial charge in [-0.1, -0.05) is 23.4 Å². The molecule has 148 valence electrons. The number of benzene rings is 2. The van der Waals surface area contributed by atoms with Gasteiger partial charge in [-0.05, 0) is 35.9 Å². The molecule has 0 aliphatic carbocycles. The summed E-state index contributed by atoms with van der Waals surface area (Å²) in [6, 6.07) is 17.7. The maximum atomic E-state index is 9.26. The van der Waals surface area contributed by atoms with Gasteiger partial charge in [0, 0.05) is 38.3 Å². The fourth-order valence-corrected chi connectivity index (χ4v) is 3.48. The highest BCUT2D eigenvalue weighted by atomic mass is 16.5. The minimum atomic E-state index is 0.592. The molecule has 7 heteroatoms. The first-order valence-electron chi connectivity index (χ1n) is 9.65. The predicted octanol–water partition coefficient (Wildman–Crippen LogP) is 2.93. The van der Waals surface area contributed by atoms with Crippen LogP contribution in [-0.4, -0.2) is 53.2 Å². The Bertz CT molecular complexity index is 985. The molecule has 0 amide bonds. The van der Waals surface area contributed by atoms with E-state index >= 15 is 0 Å². The molecule has 0 spiro atoms. The predicted molar refractivity (Wildman–Crippen MR) is 108 cm³/mol. The monoisotopic (exact) mass is 389 g/mol. The molecule has 1 saturated heterocycles. The van der Waals surface area contributed by atoms with Gasteiger partial charge in [0.2, 0.25) is 11.7 Å². The Labute approximate surface area is 170 Å². The fourth-order valence-electron chi connectivity index (χ4n) is 3.48. The van der Waals surface area contributed by atoms with E-state index in [0.29, 0.717) is 18.3 Å². The van der Waals surface area contributed by atoms with E-state index in [1.807, 2.05) is 48.5 Å². The maximum Gasteiger partial charge on any atom is 0.241 e. The number of nitrogens with zero attached hydrogens (tertiary/aromatic N) is 5. The molecule has 0 N–H and O–H groups in total. The Balaban J connectivity index is 1.31. The summed E-state index contributed by atoms with van der Waals surface area (Å²) in [4.78, 5) is 9.23. The zero-order valence-electron chi connectivity index (χ0n) is 16.4. The van der Waals surface area contributed by atoms with Crippen molar-refractivity contribution in [2.24, 2.45) is 0 Å². The SMILES string of the molecule is COc1ccc(-c2noc(CN3CCN(Cc4ccccc4C#N)CC3)n2)cc1. The summed E-state index contributed by atoms with van der Waals surface area (Å²) in [7, 11) is 1.64. The summed E-state index contributed by atoms with van der Waals surface area (Å²) in [5.41, 5.74) is 2.75. The van der Waals surface area contributed by atoms with Crippen molar-refractivity contribution in [2.45, 2.75) is 13.1 Å². The molecule has 7 nitrogen and oxygen atoms in total. The Morgan fingerprint density at radius 2 is 1.69 bits per heavy atom. The van der Waals surface area contributed by atoms with Crippen molar-refractivity contribution < 1.29 is 9.26 Å². The highest BCUT2D eigenvalue weighted by Gasteiger charge is 2.20. The largest absolute Gasteiger partial charge is 0.497 e. The van der Waals surface area contributed by atoms with Crippen LogP contribution in [0.5, 0.6) is 5.75 Å². The third-order valence-corrected chi connectivity index (χ3v) is 5.17. The minimum Gasteiger partial charge on any atom is -0.497 e. The van der Waals surface area contributed by atoms with Gasteiger partial charge in [0.05, 0.1) is 25.3 Å². The quantitative estimate of drug-likeness (QED) is 0.641. The molecule has 0 radical (unpaired) electrons. The molecule has 1 aliphatic rings. The van der Waals surface area contributed by atoms with Crippen LogP contribution in [0.1, 0.15) is 17.0 Å². The smallest absolute Gasteiger partial charge is 0.241 e. The Kier molecular flexibility index (Phi) is 5.84. The van der Waals surface area contributed by atoms with Crippen molar-refractivity contribution in [2.75, 3.05) is 33.3 Å². The van der Waals surface area contributed by atoms with Gasteiger partial charge in [-0.3, -0.25) is 9.80 Å². The number of nitriles is 1. The summed E-state index contributed by atoms with van der Waals surface area (Å²) in [5, 5.41) is 13.4. The molecule has 2 aromatic carbocycles. The molecule has 4 rings (SSSR count). The number of aromatic nitrogens is 2. The van der Waals surface area contributed by atoms with E-state index < -0.39 is 0 Å². The summed E-state index contributed by atoms with van der Waals surface area (Å²) >= 11 is 0. The second-order valence-electron chi connectivity index (χ2n) is 7.06. The van der Waals surface area contributed by atoms with Crippen LogP contribution in [0.4, 0.5) is 0 Å². The average Bonchev–Trinajstić information content (AvgIpc) is 3.24. The summed E-state index contributed by atoms with van der Waals surface area (Å²) in [6.45, 7) is 5.19. The molecule has 3 aromatic rings. The number of ether oxygens (including phenoxy) is 1. The molecular formula is C22H23N5O2. The van der Waals surface area contributed by atoms with Crippen molar-refractivity contribution in [3.63, 3.8) is 0 Å². The van der Waals surface area contributed by atoms with Gasteiger partial charge in [-0.2, -0.15) is 10.2 Å². The van der Waals surface area contributed by atoms with Crippen molar-refractivity contribution in [1.82, 2.24) is 19.9 Å². The highest BCUT2D eigenvalue weighted by molar-refractivity contribution is 5.55. The Hall–Kier alpha value is -3.21. The molecule has 1 aliphatic heterocycles. The van der Waals surface area contributed by atoms with Crippen LogP contribution in [0.15, 0.2) is 53.1 Å². The van der Waals surface area contributed by atoms with Gasteiger partial charge in [0.1, 0.15) is 5.75 Å². The molecule has 1 aromatic heterocycles. The lowest BCUT2D eigenvalue weighted by atomic mass is 10.1. The average molecular weight is 389 g/mol. The second-order valence-corrected chi connectivity index (χ2v) is 7.06. The normalized spacial score (nSPS) is 15.2. The number of rotatable bonds is 6. The van der Waals surface area contributed by atoms with E-state index in [1.54, 1.807) is 7.11 Å². The zero-order chi connectivity index (χ0) is 20.1. The summed E-state index contributed by atoms with van der Waals surface area (Å²) < 4.78 is 10.6. The lowest BCUT2D eigenvalue weighted by Crippen LogP contribution is -2.45. The number of hydrogen-bond donors (Lipinski definition) is 0. The van der Waals surface area contributed by atoms with Crippen molar-refractivity contribution in [3.8, 4) is 23.2 Å². The first-order valence-corrected chi connectivity index (χ1v) is 9.65. The maximum absolute atomic E-state index is 9.26. The molecule has 2 heterocycles. The summed E-state index contributed by atoms with van der Waals surface area (Å²) in [5.74, 6) is 2.02. The van der Waals surface area contributed by atoms with Crippen molar-refractivity contribution in [1.29, 1.82) is 5.26 Å². The molecule has 0 unspecified atom stereocenters. The first kappa shape index (κ1) is 19.1. The van der Waals surface area contributed by atoms with Crippen LogP contribution in [-0.2, 0) is 13.1 Å². The van der Waals surface area contributed by atoms with Gasteiger partial charge in [-0.15, -0.1) is 0 Å². The van der Waals surface area contributed by atoms with Crippen LogP contribution in [0.2, 0.25) is 0 Å². The van der Waals surface area contributed by atoms with Gasteiger partial charge in [-0.25, -0.2) is 0 Å². The number of methoxy groups -OCH3 is 1. The van der Waals surface area contributed by atoms with E-state index in [9.17, 15) is 5.26 Å². The molecular weight excluding hydrogens is 366 g/mol. The lowest BCUT2D eigenvalue weighted by Gasteiger charge is -2.34. The van der Waals surface area contributed by atoms with Crippen LogP contribution in [0.3, 0.4) is 0 Å². The van der Waals surface area contributed by atoms with Crippen LogP contribution in [0, 0.1) is 11.3 Å². The third-order valence-electron chi connectivity index (χ3n) is 5.17. The standard InChI is InChI=1S/C22H23N5O2/c1-28-20-8-6-17(7-9-20)22-24-21(29-25-22)16-27-12-10-26(11-13-27)15-19-5-3-2-4-18(19)14-23/h2-9H,10-13,15-16H2,1H3. The topological polar surface area (TPSA) is 78.4 Å². The number of piperazine rings is 1. The molecule has 29 heavy (non-hydrogen) atoms. The third kappa shape index (κ3) is 4.62. The lowest BCUT2D eigenvalue weighted by molar-refractivity contribution is 0.112. The highest BCUT2D eigenvalue weighted by Crippen LogP contribution is 2.20. The van der Waals surface area contributed by atoms with Crippen molar-refractivity contribution in [3.05, 3.63) is 65.5 Å². The minimum absolute atomic E-state index is 0.592. The van der Waals surface area contributed by atoms with Crippen LogP contribution < -0.4 is 4.74 Å². The first-order chi connectivity index (χ1) is 14.2. The van der Waals surface area contributed by atoms with E-state index in [-0.39, 0.29) is 0 Å². The molecule has 0 bridgehead atoms. The van der Waals surface area contributed by atoms with Gasteiger partial charge < -0.3 is 9.26 Å². The Morgan fingerprint density at radius 1 is 1.00 bits per heavy atom. The fraction of sp³-hybridized carbons (Fsp3) is 0.318.